The summed E-state index contributed by atoms with van der Waals surface area (Å²) in [7, 11) is 0. The normalized spacial score (nSPS) is 17.7. The molecule has 0 radical (unpaired) electrons. The van der Waals surface area contributed by atoms with Gasteiger partial charge in [0.25, 0.3) is 0 Å². The lowest BCUT2D eigenvalue weighted by Crippen LogP contribution is -2.37. The number of para-hydroxylation sites is 3. The summed E-state index contributed by atoms with van der Waals surface area (Å²) in [5, 5.41) is 3.64. The van der Waals surface area contributed by atoms with Gasteiger partial charge in [0.05, 0.1) is 17.1 Å². The smallest absolute Gasteiger partial charge is 0.143 e. The van der Waals surface area contributed by atoms with Crippen molar-refractivity contribution in [3.05, 3.63) is 90.0 Å². The van der Waals surface area contributed by atoms with Crippen LogP contribution in [0.4, 0.5) is 17.1 Å². The van der Waals surface area contributed by atoms with E-state index in [1.54, 1.807) is 0 Å². The zero-order chi connectivity index (χ0) is 15.2. The van der Waals surface area contributed by atoms with E-state index in [1.165, 1.54) is 11.3 Å². The zero-order valence-corrected chi connectivity index (χ0v) is 12.5. The van der Waals surface area contributed by atoms with Crippen LogP contribution in [0.3, 0.4) is 0 Å². The van der Waals surface area contributed by atoms with E-state index in [2.05, 4.69) is 76.9 Å². The van der Waals surface area contributed by atoms with Crippen molar-refractivity contribution in [2.75, 3.05) is 10.2 Å². The Hall–Kier alpha value is -3.07. The van der Waals surface area contributed by atoms with Crippen molar-refractivity contribution in [2.45, 2.75) is 6.17 Å². The molecule has 2 aliphatic rings. The van der Waals surface area contributed by atoms with Gasteiger partial charge < -0.3 is 5.32 Å². The third kappa shape index (κ3) is 1.80. The number of fused-ring (bicyclic) bond motifs is 5. The lowest BCUT2D eigenvalue weighted by Gasteiger charge is -2.33. The number of nitrogens with one attached hydrogen (secondary N) is 1. The van der Waals surface area contributed by atoms with Crippen LogP contribution in [0.25, 0.3) is 0 Å². The Labute approximate surface area is 134 Å². The number of aliphatic imine (C=N–C) groups is 1. The molecule has 5 rings (SSSR count). The maximum Gasteiger partial charge on any atom is 0.143 e. The van der Waals surface area contributed by atoms with Crippen LogP contribution in [0.1, 0.15) is 17.3 Å². The Bertz CT molecular complexity index is 915. The van der Waals surface area contributed by atoms with Crippen LogP contribution in [-0.4, -0.2) is 5.84 Å². The summed E-state index contributed by atoms with van der Waals surface area (Å²) >= 11 is 0. The van der Waals surface area contributed by atoms with Crippen molar-refractivity contribution >= 4 is 22.9 Å². The number of amidine groups is 1. The van der Waals surface area contributed by atoms with Crippen molar-refractivity contribution in [2.24, 2.45) is 4.99 Å². The topological polar surface area (TPSA) is 27.6 Å². The van der Waals surface area contributed by atoms with Crippen LogP contribution < -0.4 is 10.2 Å². The molecule has 2 heterocycles. The molecule has 0 bridgehead atoms. The van der Waals surface area contributed by atoms with Crippen molar-refractivity contribution in [1.82, 2.24) is 0 Å². The Morgan fingerprint density at radius 2 is 1.52 bits per heavy atom. The fourth-order valence-electron chi connectivity index (χ4n) is 3.39. The van der Waals surface area contributed by atoms with Crippen LogP contribution in [0.5, 0.6) is 0 Å². The second kappa shape index (κ2) is 4.71. The molecule has 3 aromatic carbocycles. The zero-order valence-electron chi connectivity index (χ0n) is 12.5. The highest BCUT2D eigenvalue weighted by Crippen LogP contribution is 2.46. The molecule has 110 valence electrons. The molecule has 0 fully saturated rings. The molecule has 0 saturated carbocycles. The minimum atomic E-state index is 0.0938. The standard InChI is InChI=1S/C20H15N3/c1-2-8-14(9-3-1)19-21-16-11-5-4-10-15(16)20-22-17-12-6-7-13-18(17)23(19)20/h1-13,20,22H. The van der Waals surface area contributed by atoms with E-state index in [0.29, 0.717) is 0 Å². The molecule has 1 unspecified atom stereocenters. The van der Waals surface area contributed by atoms with Crippen LogP contribution in [0, 0.1) is 0 Å². The molecule has 3 nitrogen and oxygen atoms in total. The van der Waals surface area contributed by atoms with Gasteiger partial charge in [-0.1, -0.05) is 60.7 Å². The molecule has 3 heteroatoms. The molecule has 0 aliphatic carbocycles. The highest BCUT2D eigenvalue weighted by molar-refractivity contribution is 6.15. The lowest BCUT2D eigenvalue weighted by molar-refractivity contribution is 0.832. The Kier molecular flexibility index (Phi) is 2.56. The molecule has 0 saturated heterocycles. The van der Waals surface area contributed by atoms with Gasteiger partial charge in [-0.2, -0.15) is 0 Å². The highest BCUT2D eigenvalue weighted by Gasteiger charge is 2.37. The second-order valence-electron chi connectivity index (χ2n) is 5.79. The minimum Gasteiger partial charge on any atom is -0.359 e. The molecule has 1 N–H and O–H groups in total. The number of hydrogen-bond donors (Lipinski definition) is 1. The third-order valence-corrected chi connectivity index (χ3v) is 4.43. The van der Waals surface area contributed by atoms with Crippen LogP contribution >= 0.6 is 0 Å². The van der Waals surface area contributed by atoms with E-state index in [0.717, 1.165) is 22.8 Å². The monoisotopic (exact) mass is 297 g/mol. The second-order valence-corrected chi connectivity index (χ2v) is 5.79. The predicted molar refractivity (Wildman–Crippen MR) is 94.4 cm³/mol. The first-order chi connectivity index (χ1) is 11.4. The average molecular weight is 297 g/mol. The molecule has 3 aromatic rings. The first kappa shape index (κ1) is 12.5. The first-order valence-corrected chi connectivity index (χ1v) is 7.80. The number of rotatable bonds is 1. The number of benzene rings is 3. The fourth-order valence-corrected chi connectivity index (χ4v) is 3.39. The Morgan fingerprint density at radius 3 is 2.43 bits per heavy atom. The van der Waals surface area contributed by atoms with E-state index in [-0.39, 0.29) is 6.17 Å². The van der Waals surface area contributed by atoms with E-state index in [4.69, 9.17) is 4.99 Å². The number of anilines is 2. The molecular formula is C20H15N3. The van der Waals surface area contributed by atoms with Gasteiger partial charge in [0.1, 0.15) is 12.0 Å². The molecule has 0 aromatic heterocycles. The van der Waals surface area contributed by atoms with Crippen LogP contribution in [-0.2, 0) is 0 Å². The maximum atomic E-state index is 4.96. The van der Waals surface area contributed by atoms with Gasteiger partial charge in [0.15, 0.2) is 0 Å². The lowest BCUT2D eigenvalue weighted by atomic mass is 10.0. The predicted octanol–water partition coefficient (Wildman–Crippen LogP) is 4.71. The maximum absolute atomic E-state index is 4.96. The Morgan fingerprint density at radius 1 is 0.783 bits per heavy atom. The third-order valence-electron chi connectivity index (χ3n) is 4.43. The van der Waals surface area contributed by atoms with Crippen LogP contribution in [0.2, 0.25) is 0 Å². The summed E-state index contributed by atoms with van der Waals surface area (Å²) in [6, 6.07) is 27.1. The SMILES string of the molecule is c1ccc(C2=Nc3ccccc3C3Nc4ccccc4N23)cc1. The molecule has 0 amide bonds. The van der Waals surface area contributed by atoms with Gasteiger partial charge in [-0.15, -0.1) is 0 Å². The summed E-state index contributed by atoms with van der Waals surface area (Å²) in [6.45, 7) is 0. The number of hydrogen-bond acceptors (Lipinski definition) is 3. The van der Waals surface area contributed by atoms with Crippen molar-refractivity contribution < 1.29 is 0 Å². The molecule has 23 heavy (non-hydrogen) atoms. The van der Waals surface area contributed by atoms with E-state index >= 15 is 0 Å². The summed E-state index contributed by atoms with van der Waals surface area (Å²) in [4.78, 5) is 7.26. The van der Waals surface area contributed by atoms with Crippen molar-refractivity contribution in [3.8, 4) is 0 Å². The van der Waals surface area contributed by atoms with E-state index in [9.17, 15) is 0 Å². The molecular weight excluding hydrogens is 282 g/mol. The number of nitrogens with zero attached hydrogens (tertiary/aromatic N) is 2. The summed E-state index contributed by atoms with van der Waals surface area (Å²) < 4.78 is 0. The van der Waals surface area contributed by atoms with Gasteiger partial charge >= 0.3 is 0 Å². The van der Waals surface area contributed by atoms with Gasteiger partial charge in [-0.05, 0) is 18.2 Å². The summed E-state index contributed by atoms with van der Waals surface area (Å²) in [6.07, 6.45) is 0.0938. The summed E-state index contributed by atoms with van der Waals surface area (Å²) in [5.41, 5.74) is 5.70. The average Bonchev–Trinajstić information content (AvgIpc) is 3.02. The fraction of sp³-hybridized carbons (Fsp3) is 0.0500. The summed E-state index contributed by atoms with van der Waals surface area (Å²) in [5.74, 6) is 0.992. The van der Waals surface area contributed by atoms with Gasteiger partial charge in [0.2, 0.25) is 0 Å². The van der Waals surface area contributed by atoms with E-state index < -0.39 is 0 Å². The first-order valence-electron chi connectivity index (χ1n) is 7.80. The Balaban J connectivity index is 1.77. The largest absolute Gasteiger partial charge is 0.359 e. The molecule has 0 spiro atoms. The molecule has 2 aliphatic heterocycles. The minimum absolute atomic E-state index is 0.0938. The van der Waals surface area contributed by atoms with Crippen LogP contribution in [0.15, 0.2) is 83.9 Å². The van der Waals surface area contributed by atoms with Gasteiger partial charge in [-0.3, -0.25) is 4.90 Å². The van der Waals surface area contributed by atoms with Gasteiger partial charge in [0, 0.05) is 11.1 Å². The van der Waals surface area contributed by atoms with Gasteiger partial charge in [-0.25, -0.2) is 4.99 Å². The quantitative estimate of drug-likeness (QED) is 0.704. The highest BCUT2D eigenvalue weighted by atomic mass is 15.4. The molecule has 1 atom stereocenters. The van der Waals surface area contributed by atoms with Crippen molar-refractivity contribution in [1.29, 1.82) is 0 Å². The van der Waals surface area contributed by atoms with Crippen molar-refractivity contribution in [3.63, 3.8) is 0 Å². The van der Waals surface area contributed by atoms with E-state index in [1.807, 2.05) is 12.1 Å².